The monoisotopic (exact) mass is 163 g/mol. The molecule has 0 aliphatic rings. The predicted molar refractivity (Wildman–Crippen MR) is 47.5 cm³/mol. The highest BCUT2D eigenvalue weighted by molar-refractivity contribution is 6.20. The third-order valence-electron chi connectivity index (χ3n) is 1.61. The molecule has 0 aliphatic carbocycles. The molecule has 62 valence electrons. The van der Waals surface area contributed by atoms with Crippen LogP contribution in [0.5, 0.6) is 0 Å². The van der Waals surface area contributed by atoms with E-state index >= 15 is 0 Å². The molecule has 1 nitrogen and oxygen atoms in total. The average molecular weight is 164 g/mol. The summed E-state index contributed by atoms with van der Waals surface area (Å²) in [6.45, 7) is 2.21. The van der Waals surface area contributed by atoms with Gasteiger partial charge in [0.15, 0.2) is 0 Å². The Morgan fingerprint density at radius 2 is 1.90 bits per heavy atom. The first-order valence-electron chi connectivity index (χ1n) is 3.99. The van der Waals surface area contributed by atoms with Crippen LogP contribution in [0.2, 0.25) is 0 Å². The van der Waals surface area contributed by atoms with Crippen LogP contribution in [-0.2, 0) is 0 Å². The van der Waals surface area contributed by atoms with E-state index in [0.29, 0.717) is 0 Å². The Balaban J connectivity index is 3.13. The fourth-order valence-corrected chi connectivity index (χ4v) is 0.975. The number of hydrogen-bond acceptors (Lipinski definition) is 1. The van der Waals surface area contributed by atoms with Crippen molar-refractivity contribution in [2.75, 3.05) is 14.1 Å². The fraction of sp³-hybridized carbons (Fsp3) is 1.00. The molecule has 0 aromatic heterocycles. The van der Waals surface area contributed by atoms with Crippen LogP contribution < -0.4 is 0 Å². The lowest BCUT2D eigenvalue weighted by Crippen LogP contribution is -2.21. The molecule has 0 bridgehead atoms. The van der Waals surface area contributed by atoms with Gasteiger partial charge in [-0.2, -0.15) is 0 Å². The summed E-state index contributed by atoms with van der Waals surface area (Å²) in [7, 11) is 4.03. The second kappa shape index (κ2) is 5.99. The van der Waals surface area contributed by atoms with Crippen molar-refractivity contribution < 1.29 is 0 Å². The molecule has 0 aliphatic heterocycles. The van der Waals surface area contributed by atoms with E-state index in [1.54, 1.807) is 0 Å². The van der Waals surface area contributed by atoms with E-state index in [1.165, 1.54) is 19.3 Å². The van der Waals surface area contributed by atoms with E-state index in [1.807, 2.05) is 14.1 Å². The summed E-state index contributed by atoms with van der Waals surface area (Å²) in [4.78, 5) is 2.05. The van der Waals surface area contributed by atoms with Gasteiger partial charge in [0.25, 0.3) is 0 Å². The summed E-state index contributed by atoms with van der Waals surface area (Å²) in [6, 6.07) is 0. The molecule has 1 unspecified atom stereocenters. The third kappa shape index (κ3) is 5.07. The molecule has 0 amide bonds. The van der Waals surface area contributed by atoms with Crippen LogP contribution in [0.15, 0.2) is 0 Å². The van der Waals surface area contributed by atoms with Crippen LogP contribution in [0, 0.1) is 0 Å². The van der Waals surface area contributed by atoms with E-state index < -0.39 is 0 Å². The number of nitrogens with zero attached hydrogens (tertiary/aromatic N) is 1. The van der Waals surface area contributed by atoms with Crippen LogP contribution in [0.1, 0.15) is 32.6 Å². The Hall–Kier alpha value is 0.250. The van der Waals surface area contributed by atoms with Gasteiger partial charge in [0.1, 0.15) is 0 Å². The van der Waals surface area contributed by atoms with Crippen LogP contribution in [0.25, 0.3) is 0 Å². The van der Waals surface area contributed by atoms with Crippen molar-refractivity contribution in [2.24, 2.45) is 0 Å². The maximum Gasteiger partial charge on any atom is 0.0845 e. The minimum atomic E-state index is 0.228. The summed E-state index contributed by atoms with van der Waals surface area (Å²) < 4.78 is 0. The number of unbranched alkanes of at least 4 members (excludes halogenated alkanes) is 2. The topological polar surface area (TPSA) is 3.24 Å². The van der Waals surface area contributed by atoms with Gasteiger partial charge in [-0.25, -0.2) is 0 Å². The highest BCUT2D eigenvalue weighted by atomic mass is 35.5. The molecule has 2 heteroatoms. The van der Waals surface area contributed by atoms with Gasteiger partial charge >= 0.3 is 0 Å². The van der Waals surface area contributed by atoms with E-state index in [-0.39, 0.29) is 5.50 Å². The van der Waals surface area contributed by atoms with Gasteiger partial charge in [-0.05, 0) is 20.5 Å². The number of halogens is 1. The summed E-state index contributed by atoms with van der Waals surface area (Å²) >= 11 is 5.98. The molecule has 0 saturated carbocycles. The summed E-state index contributed by atoms with van der Waals surface area (Å²) in [5.41, 5.74) is 0.228. The zero-order valence-corrected chi connectivity index (χ0v) is 7.99. The quantitative estimate of drug-likeness (QED) is 0.342. The Morgan fingerprint density at radius 3 is 2.30 bits per heavy atom. The summed E-state index contributed by atoms with van der Waals surface area (Å²) in [5, 5.41) is 0. The predicted octanol–water partition coefficient (Wildman–Crippen LogP) is 2.69. The molecule has 0 N–H and O–H groups in total. The smallest absolute Gasteiger partial charge is 0.0845 e. The van der Waals surface area contributed by atoms with Crippen molar-refractivity contribution in [2.45, 2.75) is 38.1 Å². The number of alkyl halides is 1. The van der Waals surface area contributed by atoms with E-state index in [9.17, 15) is 0 Å². The Bertz CT molecular complexity index is 73.7. The van der Waals surface area contributed by atoms with Gasteiger partial charge < -0.3 is 0 Å². The van der Waals surface area contributed by atoms with Crippen molar-refractivity contribution in [3.8, 4) is 0 Å². The molecule has 0 rings (SSSR count). The fourth-order valence-electron chi connectivity index (χ4n) is 0.821. The maximum absolute atomic E-state index is 5.98. The molecular formula is C8H18ClN. The van der Waals surface area contributed by atoms with Crippen molar-refractivity contribution in [1.82, 2.24) is 4.90 Å². The molecule has 0 heterocycles. The molecule has 0 aromatic carbocycles. The van der Waals surface area contributed by atoms with Crippen molar-refractivity contribution in [3.63, 3.8) is 0 Å². The Morgan fingerprint density at radius 1 is 1.30 bits per heavy atom. The maximum atomic E-state index is 5.98. The average Bonchev–Trinajstić information content (AvgIpc) is 1.88. The highest BCUT2D eigenvalue weighted by Crippen LogP contribution is 2.10. The second-order valence-corrected chi connectivity index (χ2v) is 3.40. The molecule has 0 saturated heterocycles. The second-order valence-electron chi connectivity index (χ2n) is 2.89. The van der Waals surface area contributed by atoms with Crippen LogP contribution in [0.3, 0.4) is 0 Å². The molecular weight excluding hydrogens is 146 g/mol. The summed E-state index contributed by atoms with van der Waals surface area (Å²) in [6.07, 6.45) is 4.94. The summed E-state index contributed by atoms with van der Waals surface area (Å²) in [5.74, 6) is 0. The van der Waals surface area contributed by atoms with Crippen molar-refractivity contribution in [1.29, 1.82) is 0 Å². The molecule has 0 aromatic rings. The van der Waals surface area contributed by atoms with E-state index in [2.05, 4.69) is 11.8 Å². The number of hydrogen-bond donors (Lipinski definition) is 0. The zero-order valence-electron chi connectivity index (χ0n) is 7.23. The van der Waals surface area contributed by atoms with E-state index in [4.69, 9.17) is 11.6 Å². The molecule has 0 fully saturated rings. The van der Waals surface area contributed by atoms with Gasteiger partial charge in [0.2, 0.25) is 0 Å². The molecule has 1 atom stereocenters. The lowest BCUT2D eigenvalue weighted by atomic mass is 10.2. The van der Waals surface area contributed by atoms with Crippen molar-refractivity contribution >= 4 is 11.6 Å². The van der Waals surface area contributed by atoms with Gasteiger partial charge in [-0.1, -0.05) is 26.2 Å². The van der Waals surface area contributed by atoms with Gasteiger partial charge in [0.05, 0.1) is 5.50 Å². The van der Waals surface area contributed by atoms with Crippen LogP contribution in [0.4, 0.5) is 0 Å². The minimum absolute atomic E-state index is 0.228. The number of rotatable bonds is 5. The highest BCUT2D eigenvalue weighted by Gasteiger charge is 2.04. The lowest BCUT2D eigenvalue weighted by Gasteiger charge is -2.16. The first kappa shape index (κ1) is 10.2. The molecule has 0 radical (unpaired) electrons. The van der Waals surface area contributed by atoms with Gasteiger partial charge in [-0.3, -0.25) is 4.90 Å². The third-order valence-corrected chi connectivity index (χ3v) is 2.21. The van der Waals surface area contributed by atoms with Crippen LogP contribution in [-0.4, -0.2) is 24.5 Å². The normalized spacial score (nSPS) is 14.1. The van der Waals surface area contributed by atoms with Gasteiger partial charge in [0, 0.05) is 0 Å². The minimum Gasteiger partial charge on any atom is -0.294 e. The van der Waals surface area contributed by atoms with Gasteiger partial charge in [-0.15, -0.1) is 11.6 Å². The lowest BCUT2D eigenvalue weighted by molar-refractivity contribution is 0.352. The first-order valence-corrected chi connectivity index (χ1v) is 4.42. The molecule has 10 heavy (non-hydrogen) atoms. The SMILES string of the molecule is CCCCCC(Cl)N(C)C. The van der Waals surface area contributed by atoms with Crippen LogP contribution >= 0.6 is 11.6 Å². The molecule has 0 spiro atoms. The standard InChI is InChI=1S/C8H18ClN/c1-4-5-6-7-8(9)10(2)3/h8H,4-7H2,1-3H3. The van der Waals surface area contributed by atoms with E-state index in [0.717, 1.165) is 6.42 Å². The first-order chi connectivity index (χ1) is 4.68. The van der Waals surface area contributed by atoms with Crippen molar-refractivity contribution in [3.05, 3.63) is 0 Å². The Labute approximate surface area is 69.4 Å². The largest absolute Gasteiger partial charge is 0.294 e. The zero-order chi connectivity index (χ0) is 7.98. The Kier molecular flexibility index (Phi) is 6.14.